The number of ether oxygens (including phenoxy) is 1. The Morgan fingerprint density at radius 1 is 1.30 bits per heavy atom. The summed E-state index contributed by atoms with van der Waals surface area (Å²) in [6, 6.07) is 0. The lowest BCUT2D eigenvalue weighted by molar-refractivity contribution is 0.0905. The number of hydrogen-bond donors (Lipinski definition) is 1. The van der Waals surface area contributed by atoms with Crippen LogP contribution in [0.15, 0.2) is 0 Å². The Bertz CT molecular complexity index is 351. The van der Waals surface area contributed by atoms with Gasteiger partial charge in [0.15, 0.2) is 0 Å². The summed E-state index contributed by atoms with van der Waals surface area (Å²) in [7, 11) is -3.19. The van der Waals surface area contributed by atoms with E-state index in [4.69, 9.17) is 4.74 Å². The van der Waals surface area contributed by atoms with Gasteiger partial charge in [0.25, 0.3) is 0 Å². The van der Waals surface area contributed by atoms with Gasteiger partial charge >= 0.3 is 0 Å². The van der Waals surface area contributed by atoms with Gasteiger partial charge in [-0.15, -0.1) is 0 Å². The average molecular weight is 306 g/mol. The molecule has 1 N–H and O–H groups in total. The second-order valence-corrected chi connectivity index (χ2v) is 7.88. The fourth-order valence-corrected chi connectivity index (χ4v) is 3.93. The minimum atomic E-state index is -3.19. The summed E-state index contributed by atoms with van der Waals surface area (Å²) in [6.45, 7) is 9.44. The van der Waals surface area contributed by atoms with E-state index in [0.717, 1.165) is 32.4 Å². The van der Waals surface area contributed by atoms with E-state index in [9.17, 15) is 8.42 Å². The van der Waals surface area contributed by atoms with Gasteiger partial charge in [0.2, 0.25) is 10.0 Å². The Balaban J connectivity index is 2.53. The Labute approximate surface area is 124 Å². The van der Waals surface area contributed by atoms with Crippen LogP contribution in [0.5, 0.6) is 0 Å². The molecule has 0 radical (unpaired) electrons. The van der Waals surface area contributed by atoms with Crippen molar-refractivity contribution in [1.82, 2.24) is 9.62 Å². The molecule has 5 nitrogen and oxygen atoms in total. The van der Waals surface area contributed by atoms with Crippen molar-refractivity contribution in [2.75, 3.05) is 38.5 Å². The Hall–Kier alpha value is -0.170. The van der Waals surface area contributed by atoms with Crippen molar-refractivity contribution in [2.24, 2.45) is 5.92 Å². The molecule has 0 spiro atoms. The first-order valence-corrected chi connectivity index (χ1v) is 9.36. The van der Waals surface area contributed by atoms with Crippen molar-refractivity contribution in [3.63, 3.8) is 0 Å². The molecule has 0 aromatic carbocycles. The van der Waals surface area contributed by atoms with Gasteiger partial charge in [-0.3, -0.25) is 0 Å². The first-order valence-electron chi connectivity index (χ1n) is 7.76. The quantitative estimate of drug-likeness (QED) is 0.700. The third kappa shape index (κ3) is 6.52. The molecule has 0 aromatic heterocycles. The molecule has 1 heterocycles. The summed E-state index contributed by atoms with van der Waals surface area (Å²) in [5.41, 5.74) is 0. The monoisotopic (exact) mass is 306 g/mol. The highest BCUT2D eigenvalue weighted by atomic mass is 32.2. The summed E-state index contributed by atoms with van der Waals surface area (Å²) in [5.74, 6) is 0.583. The zero-order chi connectivity index (χ0) is 15.0. The van der Waals surface area contributed by atoms with Gasteiger partial charge in [0, 0.05) is 13.1 Å². The molecule has 0 saturated carbocycles. The molecular formula is C14H30N2O3S. The first-order chi connectivity index (χ1) is 9.45. The van der Waals surface area contributed by atoms with Crippen LogP contribution in [-0.4, -0.2) is 57.4 Å². The topological polar surface area (TPSA) is 58.6 Å². The molecule has 0 unspecified atom stereocenters. The van der Waals surface area contributed by atoms with Gasteiger partial charge in [-0.2, -0.15) is 0 Å². The van der Waals surface area contributed by atoms with E-state index in [1.807, 2.05) is 20.8 Å². The maximum Gasteiger partial charge on any atom is 0.216 e. The van der Waals surface area contributed by atoms with E-state index in [-0.39, 0.29) is 18.5 Å². The lowest BCUT2D eigenvalue weighted by Crippen LogP contribution is -2.41. The smallest absolute Gasteiger partial charge is 0.216 e. The van der Waals surface area contributed by atoms with Gasteiger partial charge < -0.3 is 10.1 Å². The molecule has 0 bridgehead atoms. The molecule has 1 saturated heterocycles. The van der Waals surface area contributed by atoms with Crippen LogP contribution >= 0.6 is 0 Å². The van der Waals surface area contributed by atoms with Crippen LogP contribution in [0, 0.1) is 5.92 Å². The highest BCUT2D eigenvalue weighted by Crippen LogP contribution is 2.16. The van der Waals surface area contributed by atoms with Crippen molar-refractivity contribution in [3.05, 3.63) is 0 Å². The predicted octanol–water partition coefficient (Wildman–Crippen LogP) is 1.45. The van der Waals surface area contributed by atoms with Crippen molar-refractivity contribution < 1.29 is 13.2 Å². The number of rotatable bonds is 9. The SMILES string of the molecule is CCCN(CC1CCNCC1)S(=O)(=O)CCOC(C)C. The van der Waals surface area contributed by atoms with Crippen molar-refractivity contribution in [2.45, 2.75) is 46.1 Å². The largest absolute Gasteiger partial charge is 0.378 e. The van der Waals surface area contributed by atoms with E-state index in [1.165, 1.54) is 0 Å². The molecule has 6 heteroatoms. The maximum absolute atomic E-state index is 12.4. The number of hydrogen-bond acceptors (Lipinski definition) is 4. The zero-order valence-electron chi connectivity index (χ0n) is 13.1. The fraction of sp³-hybridized carbons (Fsp3) is 1.00. The molecule has 20 heavy (non-hydrogen) atoms. The van der Waals surface area contributed by atoms with Crippen LogP contribution in [-0.2, 0) is 14.8 Å². The average Bonchev–Trinajstić information content (AvgIpc) is 2.38. The fourth-order valence-electron chi connectivity index (χ4n) is 2.46. The molecule has 120 valence electrons. The Morgan fingerprint density at radius 3 is 2.50 bits per heavy atom. The Morgan fingerprint density at radius 2 is 1.95 bits per heavy atom. The van der Waals surface area contributed by atoms with Gasteiger partial charge in [-0.25, -0.2) is 12.7 Å². The van der Waals surface area contributed by atoms with Crippen LogP contribution < -0.4 is 5.32 Å². The summed E-state index contributed by atoms with van der Waals surface area (Å²) in [6.07, 6.45) is 3.07. The van der Waals surface area contributed by atoms with Crippen LogP contribution in [0.3, 0.4) is 0 Å². The second kappa shape index (κ2) is 8.97. The number of sulfonamides is 1. The van der Waals surface area contributed by atoms with Gasteiger partial charge in [0.1, 0.15) is 0 Å². The summed E-state index contributed by atoms with van der Waals surface area (Å²) in [4.78, 5) is 0. The zero-order valence-corrected chi connectivity index (χ0v) is 13.9. The molecule has 0 atom stereocenters. The van der Waals surface area contributed by atoms with Gasteiger partial charge in [0.05, 0.1) is 18.5 Å². The minimum Gasteiger partial charge on any atom is -0.378 e. The van der Waals surface area contributed by atoms with Crippen LogP contribution in [0.2, 0.25) is 0 Å². The predicted molar refractivity (Wildman–Crippen MR) is 82.3 cm³/mol. The van der Waals surface area contributed by atoms with Crippen LogP contribution in [0.4, 0.5) is 0 Å². The summed E-state index contributed by atoms with van der Waals surface area (Å²) >= 11 is 0. The molecule has 1 aliphatic heterocycles. The lowest BCUT2D eigenvalue weighted by atomic mass is 9.98. The minimum absolute atomic E-state index is 0.0780. The molecule has 0 aliphatic carbocycles. The van der Waals surface area contributed by atoms with Crippen molar-refractivity contribution >= 4 is 10.0 Å². The summed E-state index contributed by atoms with van der Waals surface area (Å²) < 4.78 is 31.9. The third-order valence-corrected chi connectivity index (χ3v) is 5.38. The highest BCUT2D eigenvalue weighted by molar-refractivity contribution is 7.89. The molecule has 1 aliphatic rings. The lowest BCUT2D eigenvalue weighted by Gasteiger charge is -2.29. The molecule has 1 rings (SSSR count). The first kappa shape index (κ1) is 17.9. The molecule has 0 amide bonds. The molecule has 1 fully saturated rings. The van der Waals surface area contributed by atoms with E-state index < -0.39 is 10.0 Å². The number of nitrogens with zero attached hydrogens (tertiary/aromatic N) is 1. The molecule has 0 aromatic rings. The van der Waals surface area contributed by atoms with E-state index in [1.54, 1.807) is 4.31 Å². The van der Waals surface area contributed by atoms with Crippen LogP contribution in [0.25, 0.3) is 0 Å². The standard InChI is InChI=1S/C14H30N2O3S/c1-4-9-16(12-14-5-7-15-8-6-14)20(17,18)11-10-19-13(2)3/h13-15H,4-12H2,1-3H3. The van der Waals surface area contributed by atoms with Crippen molar-refractivity contribution in [3.8, 4) is 0 Å². The number of piperidine rings is 1. The Kier molecular flexibility index (Phi) is 8.02. The van der Waals surface area contributed by atoms with Crippen molar-refractivity contribution in [1.29, 1.82) is 0 Å². The van der Waals surface area contributed by atoms with Gasteiger partial charge in [-0.1, -0.05) is 6.92 Å². The summed E-state index contributed by atoms with van der Waals surface area (Å²) in [5, 5.41) is 3.32. The molecular weight excluding hydrogens is 276 g/mol. The van der Waals surface area contributed by atoms with Gasteiger partial charge in [-0.05, 0) is 52.1 Å². The van der Waals surface area contributed by atoms with E-state index >= 15 is 0 Å². The van der Waals surface area contributed by atoms with E-state index in [2.05, 4.69) is 5.32 Å². The third-order valence-electron chi connectivity index (χ3n) is 3.58. The van der Waals surface area contributed by atoms with Crippen LogP contribution in [0.1, 0.15) is 40.0 Å². The second-order valence-electron chi connectivity index (χ2n) is 5.79. The maximum atomic E-state index is 12.4. The highest BCUT2D eigenvalue weighted by Gasteiger charge is 2.25. The normalized spacial score (nSPS) is 18.1. The number of nitrogens with one attached hydrogen (secondary N) is 1. The van der Waals surface area contributed by atoms with E-state index in [0.29, 0.717) is 19.0 Å².